The van der Waals surface area contributed by atoms with Crippen molar-refractivity contribution in [3.63, 3.8) is 0 Å². The van der Waals surface area contributed by atoms with Crippen LogP contribution in [0.15, 0.2) is 24.3 Å². The smallest absolute Gasteiger partial charge is 0.414 e. The molecule has 0 aromatic heterocycles. The Morgan fingerprint density at radius 3 is 2.17 bits per heavy atom. The van der Waals surface area contributed by atoms with Crippen LogP contribution in [-0.2, 0) is 19.0 Å². The molecule has 8 nitrogen and oxygen atoms in total. The van der Waals surface area contributed by atoms with E-state index in [1.54, 1.807) is 11.9 Å². The molecular formula is C27H42N2O6. The molecule has 1 saturated heterocycles. The molecule has 1 heterocycles. The van der Waals surface area contributed by atoms with E-state index in [1.165, 1.54) is 12.0 Å². The highest BCUT2D eigenvalue weighted by Gasteiger charge is 2.30. The summed E-state index contributed by atoms with van der Waals surface area (Å²) in [6.07, 6.45) is 2.01. The maximum atomic E-state index is 12.5. The van der Waals surface area contributed by atoms with Crippen LogP contribution in [0.25, 0.3) is 0 Å². The molecule has 0 spiro atoms. The minimum Gasteiger partial charge on any atom is -0.469 e. The van der Waals surface area contributed by atoms with E-state index in [2.05, 4.69) is 0 Å². The molecule has 0 aliphatic carbocycles. The molecule has 1 aromatic rings. The first kappa shape index (κ1) is 28.5. The Labute approximate surface area is 209 Å². The first-order valence-electron chi connectivity index (χ1n) is 12.3. The minimum absolute atomic E-state index is 0.0625. The molecule has 2 amide bonds. The quantitative estimate of drug-likeness (QED) is 0.373. The Bertz CT molecular complexity index is 878. The monoisotopic (exact) mass is 490 g/mol. The molecule has 1 atom stereocenters. The van der Waals surface area contributed by atoms with Gasteiger partial charge >= 0.3 is 18.2 Å². The van der Waals surface area contributed by atoms with E-state index in [1.807, 2.05) is 65.8 Å². The summed E-state index contributed by atoms with van der Waals surface area (Å²) in [5.74, 6) is 0.0233. The summed E-state index contributed by atoms with van der Waals surface area (Å²) in [4.78, 5) is 40.4. The Hall–Kier alpha value is -2.77. The lowest BCUT2D eigenvalue weighted by Crippen LogP contribution is -2.42. The number of benzene rings is 1. The van der Waals surface area contributed by atoms with Crippen molar-refractivity contribution in [2.75, 3.05) is 32.1 Å². The summed E-state index contributed by atoms with van der Waals surface area (Å²) in [5, 5.41) is 0. The summed E-state index contributed by atoms with van der Waals surface area (Å²) < 4.78 is 16.0. The van der Waals surface area contributed by atoms with Crippen LogP contribution < -0.4 is 4.90 Å². The number of carbonyl (C=O) groups excluding carboxylic acids is 3. The first-order chi connectivity index (χ1) is 16.2. The summed E-state index contributed by atoms with van der Waals surface area (Å²) in [6, 6.07) is 7.66. The standard InChI is InChI=1S/C27H42N2O6/c1-26(2,3)34-24(31)28(7)22-11-9-10-20(17-22)21(18-23(30)33-8)16-19-12-14-29(15-13-19)25(32)35-27(4,5)6/h9-11,17,19,21H,12-16,18H2,1-8H3. The molecule has 1 fully saturated rings. The predicted molar refractivity (Wildman–Crippen MR) is 136 cm³/mol. The Morgan fingerprint density at radius 2 is 1.63 bits per heavy atom. The van der Waals surface area contributed by atoms with Crippen molar-refractivity contribution in [2.45, 2.75) is 84.3 Å². The molecule has 1 unspecified atom stereocenters. The molecule has 196 valence electrons. The SMILES string of the molecule is COC(=O)CC(CC1CCN(C(=O)OC(C)(C)C)CC1)c1cccc(N(C)C(=O)OC(C)(C)C)c1. The Kier molecular flexibility index (Phi) is 9.58. The summed E-state index contributed by atoms with van der Waals surface area (Å²) in [6.45, 7) is 12.3. The van der Waals surface area contributed by atoms with Crippen LogP contribution in [0, 0.1) is 5.92 Å². The van der Waals surface area contributed by atoms with Crippen LogP contribution in [0.5, 0.6) is 0 Å². The van der Waals surface area contributed by atoms with Gasteiger partial charge in [-0.3, -0.25) is 9.69 Å². The number of amides is 2. The highest BCUT2D eigenvalue weighted by molar-refractivity contribution is 5.87. The molecular weight excluding hydrogens is 448 g/mol. The third-order valence-electron chi connectivity index (χ3n) is 5.92. The molecule has 1 aliphatic rings. The summed E-state index contributed by atoms with van der Waals surface area (Å²) >= 11 is 0. The molecule has 1 aromatic carbocycles. The number of anilines is 1. The number of nitrogens with zero attached hydrogens (tertiary/aromatic N) is 2. The van der Waals surface area contributed by atoms with Crippen LogP contribution in [0.1, 0.15) is 78.7 Å². The molecule has 0 saturated carbocycles. The van der Waals surface area contributed by atoms with Crippen molar-refractivity contribution in [1.82, 2.24) is 4.90 Å². The van der Waals surface area contributed by atoms with Crippen molar-refractivity contribution < 1.29 is 28.6 Å². The largest absolute Gasteiger partial charge is 0.469 e. The summed E-state index contributed by atoms with van der Waals surface area (Å²) in [7, 11) is 3.07. The second kappa shape index (κ2) is 11.8. The highest BCUT2D eigenvalue weighted by atomic mass is 16.6. The van der Waals surface area contributed by atoms with Gasteiger partial charge in [-0.05, 0) is 90.3 Å². The highest BCUT2D eigenvalue weighted by Crippen LogP contribution is 2.34. The molecule has 0 bridgehead atoms. The van der Waals surface area contributed by atoms with E-state index >= 15 is 0 Å². The average Bonchev–Trinajstić information content (AvgIpc) is 2.76. The molecule has 0 radical (unpaired) electrons. The number of hydrogen-bond acceptors (Lipinski definition) is 6. The van der Waals surface area contributed by atoms with Gasteiger partial charge in [-0.15, -0.1) is 0 Å². The van der Waals surface area contributed by atoms with E-state index in [9.17, 15) is 14.4 Å². The van der Waals surface area contributed by atoms with Crippen LogP contribution in [-0.4, -0.2) is 61.5 Å². The van der Waals surface area contributed by atoms with Gasteiger partial charge in [0.2, 0.25) is 0 Å². The molecule has 0 N–H and O–H groups in total. The van der Waals surface area contributed by atoms with E-state index in [4.69, 9.17) is 14.2 Å². The van der Waals surface area contributed by atoms with Crippen molar-refractivity contribution in [3.05, 3.63) is 29.8 Å². The van der Waals surface area contributed by atoms with E-state index in [0.717, 1.165) is 24.8 Å². The number of carbonyl (C=O) groups is 3. The fourth-order valence-corrected chi connectivity index (χ4v) is 4.13. The maximum Gasteiger partial charge on any atom is 0.414 e. The normalized spacial score (nSPS) is 15.8. The van der Waals surface area contributed by atoms with Gasteiger partial charge < -0.3 is 19.1 Å². The summed E-state index contributed by atoms with van der Waals surface area (Å²) in [5.41, 5.74) is 0.561. The van der Waals surface area contributed by atoms with E-state index in [-0.39, 0.29) is 24.4 Å². The second-order valence-electron chi connectivity index (χ2n) is 11.3. The zero-order valence-corrected chi connectivity index (χ0v) is 22.6. The van der Waals surface area contributed by atoms with Gasteiger partial charge in [-0.25, -0.2) is 9.59 Å². The lowest BCUT2D eigenvalue weighted by Gasteiger charge is -2.34. The lowest BCUT2D eigenvalue weighted by atomic mass is 9.82. The minimum atomic E-state index is -0.593. The number of ether oxygens (including phenoxy) is 3. The molecule has 1 aliphatic heterocycles. The zero-order valence-electron chi connectivity index (χ0n) is 22.6. The fourth-order valence-electron chi connectivity index (χ4n) is 4.13. The first-order valence-corrected chi connectivity index (χ1v) is 12.3. The third-order valence-corrected chi connectivity index (χ3v) is 5.92. The number of esters is 1. The van der Waals surface area contributed by atoms with Crippen molar-refractivity contribution >= 4 is 23.8 Å². The number of methoxy groups -OCH3 is 1. The number of piperidine rings is 1. The van der Waals surface area contributed by atoms with Crippen molar-refractivity contribution in [3.8, 4) is 0 Å². The van der Waals surface area contributed by atoms with Gasteiger partial charge in [0.15, 0.2) is 0 Å². The second-order valence-corrected chi connectivity index (χ2v) is 11.3. The van der Waals surface area contributed by atoms with Gasteiger partial charge in [0, 0.05) is 25.8 Å². The number of rotatable bonds is 6. The topological polar surface area (TPSA) is 85.4 Å². The lowest BCUT2D eigenvalue weighted by molar-refractivity contribution is -0.141. The Balaban J connectivity index is 2.11. The zero-order chi connectivity index (χ0) is 26.4. The van der Waals surface area contributed by atoms with Gasteiger partial charge in [-0.2, -0.15) is 0 Å². The molecule has 2 rings (SSSR count). The van der Waals surface area contributed by atoms with E-state index in [0.29, 0.717) is 24.7 Å². The van der Waals surface area contributed by atoms with Crippen LogP contribution in [0.2, 0.25) is 0 Å². The Morgan fingerprint density at radius 1 is 1.03 bits per heavy atom. The van der Waals surface area contributed by atoms with Crippen LogP contribution >= 0.6 is 0 Å². The molecule has 8 heteroatoms. The number of likely N-dealkylation sites (tertiary alicyclic amines) is 1. The fraction of sp³-hybridized carbons (Fsp3) is 0.667. The predicted octanol–water partition coefficient (Wildman–Crippen LogP) is 5.74. The van der Waals surface area contributed by atoms with Gasteiger partial charge in [0.1, 0.15) is 11.2 Å². The van der Waals surface area contributed by atoms with Gasteiger partial charge in [0.25, 0.3) is 0 Å². The number of hydrogen-bond donors (Lipinski definition) is 0. The third kappa shape index (κ3) is 9.42. The van der Waals surface area contributed by atoms with Gasteiger partial charge in [-0.1, -0.05) is 12.1 Å². The molecule has 35 heavy (non-hydrogen) atoms. The van der Waals surface area contributed by atoms with E-state index < -0.39 is 17.3 Å². The van der Waals surface area contributed by atoms with Crippen molar-refractivity contribution in [1.29, 1.82) is 0 Å². The van der Waals surface area contributed by atoms with Crippen LogP contribution in [0.3, 0.4) is 0 Å². The van der Waals surface area contributed by atoms with Crippen LogP contribution in [0.4, 0.5) is 15.3 Å². The average molecular weight is 491 g/mol. The van der Waals surface area contributed by atoms with Gasteiger partial charge in [0.05, 0.1) is 13.5 Å². The maximum absolute atomic E-state index is 12.5. The van der Waals surface area contributed by atoms with Crippen molar-refractivity contribution in [2.24, 2.45) is 5.92 Å².